The fraction of sp³-hybridized carbons (Fsp3) is 0.571. The number of halogens is 3. The van der Waals surface area contributed by atoms with E-state index in [-0.39, 0.29) is 25.2 Å². The molecule has 0 spiro atoms. The summed E-state index contributed by atoms with van der Waals surface area (Å²) in [6.45, 7) is 1.28. The van der Waals surface area contributed by atoms with Crippen molar-refractivity contribution in [2.75, 3.05) is 31.1 Å². The molecule has 0 bridgehead atoms. The predicted molar refractivity (Wildman–Crippen MR) is 78.1 cm³/mol. The number of amides is 2. The van der Waals surface area contributed by atoms with Crippen LogP contribution in [0.1, 0.15) is 18.4 Å². The summed E-state index contributed by atoms with van der Waals surface area (Å²) in [4.78, 5) is 17.3. The minimum Gasteiger partial charge on any atom is -0.395 e. The summed E-state index contributed by atoms with van der Waals surface area (Å²) in [6.07, 6.45) is -2.20. The quantitative estimate of drug-likeness (QED) is 0.778. The number of aliphatic hydroxyl groups is 1. The largest absolute Gasteiger partial charge is 0.417 e. The number of hydrogen-bond donors (Lipinski definition) is 3. The molecule has 0 aromatic carbocycles. The van der Waals surface area contributed by atoms with Crippen molar-refractivity contribution in [3.05, 3.63) is 23.9 Å². The maximum atomic E-state index is 12.5. The molecule has 1 aliphatic rings. The minimum atomic E-state index is -4.38. The van der Waals surface area contributed by atoms with Gasteiger partial charge in [0.05, 0.1) is 12.2 Å². The van der Waals surface area contributed by atoms with Crippen LogP contribution in [0.25, 0.3) is 0 Å². The van der Waals surface area contributed by atoms with E-state index in [2.05, 4.69) is 15.6 Å². The second-order valence-electron chi connectivity index (χ2n) is 5.29. The van der Waals surface area contributed by atoms with Crippen LogP contribution in [0.4, 0.5) is 23.8 Å². The summed E-state index contributed by atoms with van der Waals surface area (Å²) in [7, 11) is 0. The van der Waals surface area contributed by atoms with Crippen LogP contribution in [0.5, 0.6) is 0 Å². The highest BCUT2D eigenvalue weighted by molar-refractivity contribution is 5.74. The van der Waals surface area contributed by atoms with Crippen LogP contribution in [0.3, 0.4) is 0 Å². The lowest BCUT2D eigenvalue weighted by atomic mass is 10.1. The van der Waals surface area contributed by atoms with E-state index in [9.17, 15) is 18.0 Å². The SMILES string of the molecule is O=C(NCCO)NC1CCN(c2ccc(C(F)(F)F)cn2)CC1. The maximum Gasteiger partial charge on any atom is 0.417 e. The number of urea groups is 1. The van der Waals surface area contributed by atoms with Crippen LogP contribution >= 0.6 is 0 Å². The van der Waals surface area contributed by atoms with Crippen LogP contribution in [-0.2, 0) is 6.18 Å². The van der Waals surface area contributed by atoms with Gasteiger partial charge in [0.1, 0.15) is 5.82 Å². The third-order valence-electron chi connectivity index (χ3n) is 3.63. The number of nitrogens with zero attached hydrogens (tertiary/aromatic N) is 2. The van der Waals surface area contributed by atoms with Gasteiger partial charge in [-0.3, -0.25) is 0 Å². The molecule has 1 fully saturated rings. The van der Waals surface area contributed by atoms with Gasteiger partial charge < -0.3 is 20.6 Å². The van der Waals surface area contributed by atoms with E-state index in [0.29, 0.717) is 31.7 Å². The van der Waals surface area contributed by atoms with E-state index >= 15 is 0 Å². The predicted octanol–water partition coefficient (Wildman–Crippen LogP) is 1.36. The molecule has 3 N–H and O–H groups in total. The third-order valence-corrected chi connectivity index (χ3v) is 3.63. The number of piperidine rings is 1. The Morgan fingerprint density at radius 3 is 2.57 bits per heavy atom. The molecule has 9 heteroatoms. The Labute approximate surface area is 131 Å². The fourth-order valence-electron chi connectivity index (χ4n) is 2.40. The van der Waals surface area contributed by atoms with Crippen molar-refractivity contribution in [3.8, 4) is 0 Å². The molecule has 1 aromatic heterocycles. The zero-order chi connectivity index (χ0) is 16.9. The minimum absolute atomic E-state index is 0.000564. The maximum absolute atomic E-state index is 12.5. The van der Waals surface area contributed by atoms with Crippen molar-refractivity contribution < 1.29 is 23.1 Å². The molecule has 23 heavy (non-hydrogen) atoms. The standard InChI is InChI=1S/C14H19F3N4O2/c15-14(16,17)10-1-2-12(19-9-10)21-6-3-11(4-7-21)20-13(23)18-5-8-22/h1-2,9,11,22H,3-8H2,(H2,18,20,23). The van der Waals surface area contributed by atoms with Gasteiger partial charge in [0, 0.05) is 31.9 Å². The molecule has 2 amide bonds. The highest BCUT2D eigenvalue weighted by Crippen LogP contribution is 2.29. The molecule has 0 aliphatic carbocycles. The number of nitrogens with one attached hydrogen (secondary N) is 2. The van der Waals surface area contributed by atoms with Crippen LogP contribution in [0.2, 0.25) is 0 Å². The van der Waals surface area contributed by atoms with Crippen molar-refractivity contribution in [2.45, 2.75) is 25.1 Å². The highest BCUT2D eigenvalue weighted by atomic mass is 19.4. The molecule has 2 rings (SSSR count). The number of alkyl halides is 3. The van der Waals surface area contributed by atoms with Crippen LogP contribution in [0, 0.1) is 0 Å². The number of pyridine rings is 1. The van der Waals surface area contributed by atoms with Gasteiger partial charge >= 0.3 is 12.2 Å². The molecular weight excluding hydrogens is 313 g/mol. The van der Waals surface area contributed by atoms with Crippen molar-refractivity contribution >= 4 is 11.8 Å². The van der Waals surface area contributed by atoms with Crippen molar-refractivity contribution in [3.63, 3.8) is 0 Å². The number of rotatable bonds is 4. The van der Waals surface area contributed by atoms with E-state index in [4.69, 9.17) is 5.11 Å². The molecule has 1 saturated heterocycles. The van der Waals surface area contributed by atoms with Gasteiger partial charge in [0.2, 0.25) is 0 Å². The summed E-state index contributed by atoms with van der Waals surface area (Å²) in [5, 5.41) is 13.9. The zero-order valence-corrected chi connectivity index (χ0v) is 12.4. The van der Waals surface area contributed by atoms with Crippen molar-refractivity contribution in [1.82, 2.24) is 15.6 Å². The highest BCUT2D eigenvalue weighted by Gasteiger charge is 2.31. The number of carbonyl (C=O) groups excluding carboxylic acids is 1. The first kappa shape index (κ1) is 17.3. The summed E-state index contributed by atoms with van der Waals surface area (Å²) in [5.41, 5.74) is -0.765. The average molecular weight is 332 g/mol. The Morgan fingerprint density at radius 2 is 2.04 bits per heavy atom. The Hall–Kier alpha value is -2.03. The molecule has 128 valence electrons. The molecule has 0 unspecified atom stereocenters. The van der Waals surface area contributed by atoms with E-state index in [1.54, 1.807) is 0 Å². The Morgan fingerprint density at radius 1 is 1.35 bits per heavy atom. The lowest BCUT2D eigenvalue weighted by Gasteiger charge is -2.33. The van der Waals surface area contributed by atoms with Gasteiger partial charge in [-0.1, -0.05) is 0 Å². The van der Waals surface area contributed by atoms with E-state index < -0.39 is 11.7 Å². The molecule has 1 aliphatic heterocycles. The second-order valence-corrected chi connectivity index (χ2v) is 5.29. The number of carbonyl (C=O) groups is 1. The summed E-state index contributed by atoms with van der Waals surface area (Å²) in [5.74, 6) is 0.501. The Bertz CT molecular complexity index is 514. The monoisotopic (exact) mass is 332 g/mol. The van der Waals surface area contributed by atoms with E-state index in [1.165, 1.54) is 6.07 Å². The smallest absolute Gasteiger partial charge is 0.395 e. The van der Waals surface area contributed by atoms with Gasteiger partial charge in [-0.25, -0.2) is 9.78 Å². The van der Waals surface area contributed by atoms with E-state index in [0.717, 1.165) is 12.3 Å². The fourth-order valence-corrected chi connectivity index (χ4v) is 2.40. The molecule has 0 radical (unpaired) electrons. The van der Waals surface area contributed by atoms with Gasteiger partial charge in [-0.05, 0) is 25.0 Å². The van der Waals surface area contributed by atoms with Crippen LogP contribution in [-0.4, -0.2) is 48.4 Å². The molecular formula is C14H19F3N4O2. The van der Waals surface area contributed by atoms with Crippen LogP contribution in [0.15, 0.2) is 18.3 Å². The Kier molecular flexibility index (Phi) is 5.64. The number of hydrogen-bond acceptors (Lipinski definition) is 4. The zero-order valence-electron chi connectivity index (χ0n) is 12.4. The number of anilines is 1. The second kappa shape index (κ2) is 7.49. The number of aliphatic hydroxyl groups excluding tert-OH is 1. The molecule has 0 saturated carbocycles. The van der Waals surface area contributed by atoms with Crippen molar-refractivity contribution in [2.24, 2.45) is 0 Å². The van der Waals surface area contributed by atoms with Gasteiger partial charge in [-0.15, -0.1) is 0 Å². The summed E-state index contributed by atoms with van der Waals surface area (Å²) < 4.78 is 37.5. The summed E-state index contributed by atoms with van der Waals surface area (Å²) >= 11 is 0. The van der Waals surface area contributed by atoms with Crippen LogP contribution < -0.4 is 15.5 Å². The lowest BCUT2D eigenvalue weighted by Crippen LogP contribution is -2.48. The summed E-state index contributed by atoms with van der Waals surface area (Å²) in [6, 6.07) is 2.06. The van der Waals surface area contributed by atoms with Crippen molar-refractivity contribution in [1.29, 1.82) is 0 Å². The Balaban J connectivity index is 1.83. The molecule has 0 atom stereocenters. The first-order valence-electron chi connectivity index (χ1n) is 7.33. The van der Waals surface area contributed by atoms with E-state index in [1.807, 2.05) is 4.90 Å². The van der Waals surface area contributed by atoms with Gasteiger partial charge in [0.15, 0.2) is 0 Å². The first-order chi connectivity index (χ1) is 10.9. The topological polar surface area (TPSA) is 77.5 Å². The molecule has 6 nitrogen and oxygen atoms in total. The van der Waals surface area contributed by atoms with Gasteiger partial charge in [-0.2, -0.15) is 13.2 Å². The lowest BCUT2D eigenvalue weighted by molar-refractivity contribution is -0.137. The molecule has 1 aromatic rings. The number of aromatic nitrogens is 1. The third kappa shape index (κ3) is 4.98. The normalized spacial score (nSPS) is 16.3. The molecule has 2 heterocycles. The average Bonchev–Trinajstić information content (AvgIpc) is 2.53. The first-order valence-corrected chi connectivity index (χ1v) is 7.33. The van der Waals surface area contributed by atoms with Gasteiger partial charge in [0.25, 0.3) is 0 Å².